The molecule has 0 aromatic carbocycles. The number of ether oxygens (including phenoxy) is 3. The minimum atomic E-state index is 0.0139. The van der Waals surface area contributed by atoms with Crippen LogP contribution in [0.4, 0.5) is 0 Å². The second-order valence-electron chi connectivity index (χ2n) is 3.84. The molecule has 0 aromatic rings. The van der Waals surface area contributed by atoms with Gasteiger partial charge in [0.2, 0.25) is 0 Å². The molecule has 0 radical (unpaired) electrons. The second kappa shape index (κ2) is 7.85. The molecule has 0 aromatic heterocycles. The maximum atomic E-state index is 5.63. The van der Waals surface area contributed by atoms with Crippen molar-refractivity contribution >= 4 is 0 Å². The van der Waals surface area contributed by atoms with E-state index in [1.807, 2.05) is 6.08 Å². The summed E-state index contributed by atoms with van der Waals surface area (Å²) >= 11 is 0. The summed E-state index contributed by atoms with van der Waals surface area (Å²) in [4.78, 5) is 0. The molecule has 1 heterocycles. The van der Waals surface area contributed by atoms with Gasteiger partial charge in [-0.25, -0.2) is 0 Å². The van der Waals surface area contributed by atoms with Crippen LogP contribution in [-0.2, 0) is 14.2 Å². The van der Waals surface area contributed by atoms with Crippen LogP contribution in [0, 0.1) is 0 Å². The fourth-order valence-corrected chi connectivity index (χ4v) is 1.69. The summed E-state index contributed by atoms with van der Waals surface area (Å²) in [7, 11) is 1.73. The molecule has 2 atom stereocenters. The fourth-order valence-electron chi connectivity index (χ4n) is 1.69. The minimum Gasteiger partial charge on any atom is -0.381 e. The molecule has 0 amide bonds. The summed E-state index contributed by atoms with van der Waals surface area (Å²) in [6, 6.07) is 0. The molecule has 0 aliphatic carbocycles. The summed E-state index contributed by atoms with van der Waals surface area (Å²) in [6.45, 7) is 5.24. The van der Waals surface area contributed by atoms with E-state index in [1.165, 1.54) is 6.42 Å². The zero-order chi connectivity index (χ0) is 10.9. The van der Waals surface area contributed by atoms with E-state index in [4.69, 9.17) is 14.2 Å². The Balaban J connectivity index is 2.05. The number of rotatable bonds is 7. The van der Waals surface area contributed by atoms with E-state index in [0.717, 1.165) is 32.3 Å². The van der Waals surface area contributed by atoms with E-state index in [9.17, 15) is 0 Å². The molecular formula is C12H22O3. The van der Waals surface area contributed by atoms with Crippen LogP contribution in [0.5, 0.6) is 0 Å². The molecule has 1 aliphatic heterocycles. The van der Waals surface area contributed by atoms with Crippen LogP contribution in [0.3, 0.4) is 0 Å². The van der Waals surface area contributed by atoms with E-state index in [2.05, 4.69) is 6.58 Å². The Morgan fingerprint density at radius 1 is 1.53 bits per heavy atom. The highest BCUT2D eigenvalue weighted by Crippen LogP contribution is 2.14. The first-order chi connectivity index (χ1) is 7.36. The normalized spacial score (nSPS) is 23.7. The second-order valence-corrected chi connectivity index (χ2v) is 3.84. The zero-order valence-corrected chi connectivity index (χ0v) is 9.61. The van der Waals surface area contributed by atoms with Gasteiger partial charge >= 0.3 is 0 Å². The number of hydrogen-bond acceptors (Lipinski definition) is 3. The lowest BCUT2D eigenvalue weighted by Crippen LogP contribution is -2.24. The molecule has 1 rings (SSSR count). The quantitative estimate of drug-likeness (QED) is 0.609. The SMILES string of the molecule is C=CCC(CCOC1CCCCO1)OC. The third-order valence-electron chi connectivity index (χ3n) is 2.64. The lowest BCUT2D eigenvalue weighted by atomic mass is 10.2. The topological polar surface area (TPSA) is 27.7 Å². The van der Waals surface area contributed by atoms with Crippen molar-refractivity contribution in [2.24, 2.45) is 0 Å². The van der Waals surface area contributed by atoms with Crippen molar-refractivity contribution in [1.82, 2.24) is 0 Å². The number of hydrogen-bond donors (Lipinski definition) is 0. The van der Waals surface area contributed by atoms with Crippen molar-refractivity contribution in [3.8, 4) is 0 Å². The molecule has 1 saturated heterocycles. The van der Waals surface area contributed by atoms with Crippen LogP contribution in [0.1, 0.15) is 32.1 Å². The summed E-state index contributed by atoms with van der Waals surface area (Å²) in [5.41, 5.74) is 0. The van der Waals surface area contributed by atoms with Crippen LogP contribution < -0.4 is 0 Å². The molecule has 1 aliphatic rings. The summed E-state index contributed by atoms with van der Waals surface area (Å²) in [5.74, 6) is 0. The minimum absolute atomic E-state index is 0.0139. The van der Waals surface area contributed by atoms with E-state index in [-0.39, 0.29) is 12.4 Å². The van der Waals surface area contributed by atoms with Gasteiger partial charge in [-0.2, -0.15) is 0 Å². The Labute approximate surface area is 92.4 Å². The summed E-state index contributed by atoms with van der Waals surface area (Å²) in [5, 5.41) is 0. The monoisotopic (exact) mass is 214 g/mol. The number of methoxy groups -OCH3 is 1. The maximum absolute atomic E-state index is 5.63. The standard InChI is InChI=1S/C12H22O3/c1-3-6-11(13-2)8-10-15-12-7-4-5-9-14-12/h3,11-12H,1,4-10H2,2H3. The molecule has 0 N–H and O–H groups in total. The van der Waals surface area contributed by atoms with Crippen molar-refractivity contribution in [3.63, 3.8) is 0 Å². The molecular weight excluding hydrogens is 192 g/mol. The third-order valence-corrected chi connectivity index (χ3v) is 2.64. The summed E-state index contributed by atoms with van der Waals surface area (Å²) in [6.07, 6.45) is 7.31. The molecule has 0 saturated carbocycles. The molecule has 0 bridgehead atoms. The predicted octanol–water partition coefficient (Wildman–Crippen LogP) is 2.51. The van der Waals surface area contributed by atoms with Gasteiger partial charge < -0.3 is 14.2 Å². The Hall–Kier alpha value is -0.380. The highest BCUT2D eigenvalue weighted by molar-refractivity contribution is 4.73. The maximum Gasteiger partial charge on any atom is 0.157 e. The Bertz CT molecular complexity index is 164. The van der Waals surface area contributed by atoms with Crippen LogP contribution in [-0.4, -0.2) is 32.7 Å². The largest absolute Gasteiger partial charge is 0.381 e. The third kappa shape index (κ3) is 5.30. The van der Waals surface area contributed by atoms with Gasteiger partial charge in [-0.1, -0.05) is 6.08 Å². The van der Waals surface area contributed by atoms with Crippen molar-refractivity contribution in [2.45, 2.75) is 44.5 Å². The summed E-state index contributed by atoms with van der Waals surface area (Å²) < 4.78 is 16.4. The first kappa shape index (κ1) is 12.7. The first-order valence-corrected chi connectivity index (χ1v) is 5.73. The van der Waals surface area contributed by atoms with Crippen LogP contribution >= 0.6 is 0 Å². The lowest BCUT2D eigenvalue weighted by Gasteiger charge is -2.23. The smallest absolute Gasteiger partial charge is 0.157 e. The Morgan fingerprint density at radius 2 is 2.40 bits per heavy atom. The average Bonchev–Trinajstić information content (AvgIpc) is 2.29. The fraction of sp³-hybridized carbons (Fsp3) is 0.833. The molecule has 2 unspecified atom stereocenters. The van der Waals surface area contributed by atoms with Gasteiger partial charge in [-0.05, 0) is 32.1 Å². The zero-order valence-electron chi connectivity index (χ0n) is 9.61. The van der Waals surface area contributed by atoms with E-state index in [1.54, 1.807) is 7.11 Å². The van der Waals surface area contributed by atoms with Crippen molar-refractivity contribution in [3.05, 3.63) is 12.7 Å². The highest BCUT2D eigenvalue weighted by Gasteiger charge is 2.14. The van der Waals surface area contributed by atoms with Gasteiger partial charge in [0.15, 0.2) is 6.29 Å². The molecule has 0 spiro atoms. The van der Waals surface area contributed by atoms with Gasteiger partial charge in [0.05, 0.1) is 12.7 Å². The van der Waals surface area contributed by atoms with E-state index < -0.39 is 0 Å². The van der Waals surface area contributed by atoms with Crippen LogP contribution in [0.2, 0.25) is 0 Å². The van der Waals surface area contributed by atoms with Crippen molar-refractivity contribution in [2.75, 3.05) is 20.3 Å². The van der Waals surface area contributed by atoms with Gasteiger partial charge in [0.1, 0.15) is 0 Å². The van der Waals surface area contributed by atoms with E-state index >= 15 is 0 Å². The average molecular weight is 214 g/mol. The Morgan fingerprint density at radius 3 is 3.00 bits per heavy atom. The van der Waals surface area contributed by atoms with Crippen molar-refractivity contribution < 1.29 is 14.2 Å². The van der Waals surface area contributed by atoms with Gasteiger partial charge in [-0.3, -0.25) is 0 Å². The molecule has 1 fully saturated rings. The highest BCUT2D eigenvalue weighted by atomic mass is 16.7. The van der Waals surface area contributed by atoms with Crippen LogP contribution in [0.25, 0.3) is 0 Å². The van der Waals surface area contributed by atoms with Gasteiger partial charge in [0.25, 0.3) is 0 Å². The van der Waals surface area contributed by atoms with Gasteiger partial charge in [-0.15, -0.1) is 6.58 Å². The first-order valence-electron chi connectivity index (χ1n) is 5.73. The molecule has 3 heteroatoms. The van der Waals surface area contributed by atoms with Gasteiger partial charge in [0, 0.05) is 13.7 Å². The predicted molar refractivity (Wildman–Crippen MR) is 59.8 cm³/mol. The molecule has 15 heavy (non-hydrogen) atoms. The molecule has 3 nitrogen and oxygen atoms in total. The van der Waals surface area contributed by atoms with Crippen molar-refractivity contribution in [1.29, 1.82) is 0 Å². The lowest BCUT2D eigenvalue weighted by molar-refractivity contribution is -0.165. The van der Waals surface area contributed by atoms with E-state index in [0.29, 0.717) is 6.61 Å². The molecule has 88 valence electrons. The van der Waals surface area contributed by atoms with Crippen LogP contribution in [0.15, 0.2) is 12.7 Å². The Kier molecular flexibility index (Phi) is 6.64.